The van der Waals surface area contributed by atoms with Gasteiger partial charge >= 0.3 is 0 Å². The molecule has 2 heterocycles. The molecule has 0 spiro atoms. The number of hydrogen-bond donors (Lipinski definition) is 1. The smallest absolute Gasteiger partial charge is 0.246 e. The number of carbonyl (C=O) groups excluding carboxylic acids is 2. The molecular formula is C19H19F2N3O2. The minimum absolute atomic E-state index is 0.0139. The average Bonchev–Trinajstić information content (AvgIpc) is 2.62. The van der Waals surface area contributed by atoms with Gasteiger partial charge < -0.3 is 10.2 Å². The fraction of sp³-hybridized carbons (Fsp3) is 0.316. The average molecular weight is 359 g/mol. The van der Waals surface area contributed by atoms with Gasteiger partial charge in [-0.05, 0) is 43.2 Å². The van der Waals surface area contributed by atoms with Gasteiger partial charge in [-0.3, -0.25) is 14.6 Å². The van der Waals surface area contributed by atoms with E-state index in [0.29, 0.717) is 19.5 Å². The van der Waals surface area contributed by atoms with Gasteiger partial charge in [-0.1, -0.05) is 6.07 Å². The number of nitrogens with one attached hydrogen (secondary N) is 1. The van der Waals surface area contributed by atoms with E-state index in [2.05, 4.69) is 10.3 Å². The lowest BCUT2D eigenvalue weighted by Crippen LogP contribution is -2.67. The third-order valence-corrected chi connectivity index (χ3v) is 4.73. The van der Waals surface area contributed by atoms with Crippen LogP contribution in [0.25, 0.3) is 0 Å². The molecule has 0 saturated carbocycles. The van der Waals surface area contributed by atoms with Crippen LogP contribution in [0.4, 0.5) is 8.78 Å². The summed E-state index contributed by atoms with van der Waals surface area (Å²) < 4.78 is 27.0. The number of carbonyl (C=O) groups is 2. The highest BCUT2D eigenvalue weighted by Gasteiger charge is 2.49. The van der Waals surface area contributed by atoms with E-state index >= 15 is 0 Å². The number of nitrogens with zero attached hydrogens (tertiary/aromatic N) is 2. The number of halogens is 2. The van der Waals surface area contributed by atoms with Crippen LogP contribution in [0, 0.1) is 11.6 Å². The molecule has 1 aromatic heterocycles. The number of rotatable bonds is 5. The number of aromatic nitrogens is 1. The molecule has 1 unspecified atom stereocenters. The number of hydrogen-bond acceptors (Lipinski definition) is 3. The topological polar surface area (TPSA) is 62.3 Å². The van der Waals surface area contributed by atoms with Crippen molar-refractivity contribution in [2.24, 2.45) is 0 Å². The van der Waals surface area contributed by atoms with E-state index in [0.717, 1.165) is 23.8 Å². The van der Waals surface area contributed by atoms with E-state index in [-0.39, 0.29) is 17.9 Å². The Morgan fingerprint density at radius 2 is 2.12 bits per heavy atom. The Kier molecular flexibility index (Phi) is 4.97. The summed E-state index contributed by atoms with van der Waals surface area (Å²) >= 11 is 0. The predicted molar refractivity (Wildman–Crippen MR) is 90.9 cm³/mol. The first-order valence-electron chi connectivity index (χ1n) is 8.32. The Hall–Kier alpha value is -2.83. The molecule has 2 amide bonds. The molecule has 0 bridgehead atoms. The van der Waals surface area contributed by atoms with Gasteiger partial charge in [0.1, 0.15) is 17.2 Å². The van der Waals surface area contributed by atoms with Crippen LogP contribution in [0.2, 0.25) is 0 Å². The molecule has 1 aromatic carbocycles. The van der Waals surface area contributed by atoms with E-state index in [1.54, 1.807) is 25.4 Å². The zero-order valence-corrected chi connectivity index (χ0v) is 14.3. The zero-order valence-electron chi connectivity index (χ0n) is 14.3. The van der Waals surface area contributed by atoms with E-state index < -0.39 is 23.1 Å². The number of pyridine rings is 1. The predicted octanol–water partition coefficient (Wildman–Crippen LogP) is 2.21. The summed E-state index contributed by atoms with van der Waals surface area (Å²) in [5.74, 6) is -1.92. The van der Waals surface area contributed by atoms with Gasteiger partial charge in [0.25, 0.3) is 0 Å². The van der Waals surface area contributed by atoms with Crippen molar-refractivity contribution in [2.75, 3.05) is 6.54 Å². The van der Waals surface area contributed by atoms with Crippen LogP contribution >= 0.6 is 0 Å². The summed E-state index contributed by atoms with van der Waals surface area (Å²) in [5.41, 5.74) is -0.146. The highest BCUT2D eigenvalue weighted by Crippen LogP contribution is 2.31. The Morgan fingerprint density at radius 3 is 2.77 bits per heavy atom. The lowest BCUT2D eigenvalue weighted by atomic mass is 9.84. The molecule has 1 fully saturated rings. The third kappa shape index (κ3) is 3.56. The molecule has 1 saturated heterocycles. The van der Waals surface area contributed by atoms with Gasteiger partial charge in [0.2, 0.25) is 11.8 Å². The van der Waals surface area contributed by atoms with Crippen LogP contribution in [-0.2, 0) is 22.6 Å². The van der Waals surface area contributed by atoms with Crippen molar-refractivity contribution in [3.63, 3.8) is 0 Å². The van der Waals surface area contributed by atoms with Gasteiger partial charge in [-0.25, -0.2) is 8.78 Å². The minimum Gasteiger partial charge on any atom is -0.350 e. The first-order valence-corrected chi connectivity index (χ1v) is 8.32. The van der Waals surface area contributed by atoms with Crippen LogP contribution < -0.4 is 5.32 Å². The first kappa shape index (κ1) is 18.0. The normalized spacial score (nSPS) is 19.0. The zero-order chi connectivity index (χ0) is 18.7. The van der Waals surface area contributed by atoms with E-state index in [1.165, 1.54) is 4.90 Å². The molecule has 1 N–H and O–H groups in total. The molecule has 7 heteroatoms. The second-order valence-electron chi connectivity index (χ2n) is 6.53. The number of amides is 2. The van der Waals surface area contributed by atoms with Crippen molar-refractivity contribution in [1.82, 2.24) is 15.2 Å². The third-order valence-electron chi connectivity index (χ3n) is 4.73. The number of likely N-dealkylation sites (tertiary alicyclic amines) is 1. The van der Waals surface area contributed by atoms with Crippen molar-refractivity contribution in [3.05, 3.63) is 65.5 Å². The summed E-state index contributed by atoms with van der Waals surface area (Å²) in [6.07, 6.45) is 3.53. The van der Waals surface area contributed by atoms with Crippen molar-refractivity contribution >= 4 is 11.8 Å². The van der Waals surface area contributed by atoms with Crippen molar-refractivity contribution in [3.8, 4) is 0 Å². The number of benzene rings is 1. The summed E-state index contributed by atoms with van der Waals surface area (Å²) in [6, 6.07) is 6.62. The van der Waals surface area contributed by atoms with Crippen LogP contribution in [0.15, 0.2) is 42.7 Å². The molecule has 136 valence electrons. The van der Waals surface area contributed by atoms with E-state index in [4.69, 9.17) is 0 Å². The minimum atomic E-state index is -0.983. The summed E-state index contributed by atoms with van der Waals surface area (Å²) in [4.78, 5) is 30.4. The summed E-state index contributed by atoms with van der Waals surface area (Å²) in [6.45, 7) is 2.39. The molecule has 0 radical (unpaired) electrons. The van der Waals surface area contributed by atoms with Gasteiger partial charge in [-0.15, -0.1) is 0 Å². The molecule has 1 aliphatic heterocycles. The van der Waals surface area contributed by atoms with E-state index in [1.807, 2.05) is 6.07 Å². The molecule has 5 nitrogen and oxygen atoms in total. The standard InChI is InChI=1S/C19H19F2N3O2/c1-19(18(26)23-12-13-3-2-7-22-11-13)6-8-24(19)17(25)10-14-9-15(20)4-5-16(14)21/h2-5,7,9,11H,6,8,10,12H2,1H3,(H,23,26). The van der Waals surface area contributed by atoms with Crippen molar-refractivity contribution < 1.29 is 18.4 Å². The Balaban J connectivity index is 1.64. The largest absolute Gasteiger partial charge is 0.350 e. The monoisotopic (exact) mass is 359 g/mol. The maximum absolute atomic E-state index is 13.8. The lowest BCUT2D eigenvalue weighted by molar-refractivity contribution is -0.157. The van der Waals surface area contributed by atoms with E-state index in [9.17, 15) is 18.4 Å². The van der Waals surface area contributed by atoms with Crippen LogP contribution in [0.1, 0.15) is 24.5 Å². The fourth-order valence-electron chi connectivity index (χ4n) is 3.01. The van der Waals surface area contributed by atoms with Crippen LogP contribution in [0.5, 0.6) is 0 Å². The van der Waals surface area contributed by atoms with Gasteiger partial charge in [0, 0.05) is 31.0 Å². The van der Waals surface area contributed by atoms with Gasteiger partial charge in [0.05, 0.1) is 6.42 Å². The van der Waals surface area contributed by atoms with Gasteiger partial charge in [0.15, 0.2) is 0 Å². The summed E-state index contributed by atoms with van der Waals surface area (Å²) in [5, 5.41) is 2.80. The highest BCUT2D eigenvalue weighted by atomic mass is 19.1. The SMILES string of the molecule is CC1(C(=O)NCc2cccnc2)CCN1C(=O)Cc1cc(F)ccc1F. The lowest BCUT2D eigenvalue weighted by Gasteiger charge is -2.49. The fourth-order valence-corrected chi connectivity index (χ4v) is 3.01. The van der Waals surface area contributed by atoms with Crippen LogP contribution in [0.3, 0.4) is 0 Å². The first-order chi connectivity index (χ1) is 12.4. The summed E-state index contributed by atoms with van der Waals surface area (Å²) in [7, 11) is 0. The van der Waals surface area contributed by atoms with Gasteiger partial charge in [-0.2, -0.15) is 0 Å². The second kappa shape index (κ2) is 7.19. The Morgan fingerprint density at radius 1 is 1.31 bits per heavy atom. The molecule has 1 atom stereocenters. The van der Waals surface area contributed by atoms with Crippen molar-refractivity contribution in [2.45, 2.75) is 31.8 Å². The molecule has 1 aliphatic rings. The second-order valence-corrected chi connectivity index (χ2v) is 6.53. The maximum Gasteiger partial charge on any atom is 0.246 e. The van der Waals surface area contributed by atoms with Crippen molar-refractivity contribution in [1.29, 1.82) is 0 Å². The Bertz CT molecular complexity index is 829. The maximum atomic E-state index is 13.8. The van der Waals surface area contributed by atoms with Crippen LogP contribution in [-0.4, -0.2) is 33.8 Å². The highest BCUT2D eigenvalue weighted by molar-refractivity contribution is 5.93. The quantitative estimate of drug-likeness (QED) is 0.890. The molecule has 2 aromatic rings. The molecule has 26 heavy (non-hydrogen) atoms. The molecule has 0 aliphatic carbocycles. The Labute approximate surface area is 150 Å². The molecular weight excluding hydrogens is 340 g/mol. The molecule has 3 rings (SSSR count).